The van der Waals surface area contributed by atoms with Gasteiger partial charge in [0.25, 0.3) is 0 Å². The summed E-state index contributed by atoms with van der Waals surface area (Å²) in [6.07, 6.45) is 0.191. The van der Waals surface area contributed by atoms with Crippen LogP contribution in [0.5, 0.6) is 0 Å². The van der Waals surface area contributed by atoms with E-state index in [1.54, 1.807) is 6.92 Å². The van der Waals surface area contributed by atoms with Gasteiger partial charge in [0, 0.05) is 6.16 Å². The Kier molecular flexibility index (Phi) is 9.19. The molecule has 0 N–H and O–H groups in total. The first-order chi connectivity index (χ1) is 16.2. The van der Waals surface area contributed by atoms with Gasteiger partial charge >= 0.3 is 5.55 Å². The molecule has 8 heteroatoms. The molecule has 2 aromatic carbocycles. The molecule has 0 heterocycles. The lowest BCUT2D eigenvalue weighted by Crippen LogP contribution is -2.23. The van der Waals surface area contributed by atoms with Crippen molar-refractivity contribution in [2.75, 3.05) is 6.16 Å². The maximum Gasteiger partial charge on any atom is 0.304 e. The van der Waals surface area contributed by atoms with E-state index in [-0.39, 0.29) is 17.5 Å². The Morgan fingerprint density at radius 3 is 1.28 bits per heavy atom. The molecular weight excluding hydrogens is 511 g/mol. The van der Waals surface area contributed by atoms with Crippen LogP contribution in [0, 0.1) is 52.9 Å². The van der Waals surface area contributed by atoms with Crippen LogP contribution in [-0.2, 0) is 35.0 Å². The second-order valence-corrected chi connectivity index (χ2v) is 23.9. The molecule has 0 aromatic heterocycles. The summed E-state index contributed by atoms with van der Waals surface area (Å²) in [5.41, 5.74) is 1.16. The van der Waals surface area contributed by atoms with E-state index in [1.807, 2.05) is 86.6 Å². The zero-order valence-electron chi connectivity index (χ0n) is 23.5. The van der Waals surface area contributed by atoms with E-state index >= 15 is 0 Å². The first kappa shape index (κ1) is 30.8. The fraction of sp³-hybridized carbons (Fsp3) is 0.571. The Morgan fingerprint density at radius 1 is 0.694 bits per heavy atom. The van der Waals surface area contributed by atoms with Crippen LogP contribution < -0.4 is 0 Å². The zero-order chi connectivity index (χ0) is 27.9. The Morgan fingerprint density at radius 2 is 1.00 bits per heavy atom. The quantitative estimate of drug-likeness (QED) is 0.303. The van der Waals surface area contributed by atoms with Crippen LogP contribution in [0.1, 0.15) is 78.6 Å². The summed E-state index contributed by atoms with van der Waals surface area (Å²) in [5, 5.41) is 0. The zero-order valence-corrected chi connectivity index (χ0v) is 26.0. The van der Waals surface area contributed by atoms with Crippen molar-refractivity contribution in [2.45, 2.75) is 87.2 Å². The van der Waals surface area contributed by atoms with Crippen molar-refractivity contribution in [2.24, 2.45) is 11.3 Å². The number of hydrogen-bond acceptors (Lipinski definition) is 5. The molecule has 5 nitrogen and oxygen atoms in total. The molecule has 0 aliphatic heterocycles. The number of aryl methyl sites for hydroxylation is 6. The van der Waals surface area contributed by atoms with E-state index in [1.165, 1.54) is 0 Å². The molecule has 0 radical (unpaired) electrons. The molecule has 0 saturated carbocycles. The molecule has 0 amide bonds. The molecule has 0 aliphatic rings. The van der Waals surface area contributed by atoms with Crippen LogP contribution in [0.15, 0.2) is 24.3 Å². The summed E-state index contributed by atoms with van der Waals surface area (Å²) >= 11 is 0. The smallest absolute Gasteiger partial charge is 0.290 e. The Bertz CT molecular complexity index is 1260. The molecule has 2 aromatic rings. The Labute approximate surface area is 218 Å². The van der Waals surface area contributed by atoms with Gasteiger partial charge in [-0.1, -0.05) is 63.1 Å². The maximum absolute atomic E-state index is 14.6. The second-order valence-electron chi connectivity index (χ2n) is 11.9. The summed E-state index contributed by atoms with van der Waals surface area (Å²) in [6, 6.07) is 7.49. The molecule has 2 rings (SSSR count). The van der Waals surface area contributed by atoms with Gasteiger partial charge in [-0.05, 0) is 92.7 Å². The summed E-state index contributed by atoms with van der Waals surface area (Å²) in [5.74, 6) is -1.44. The van der Waals surface area contributed by atoms with Crippen LogP contribution in [0.2, 0.25) is 0 Å². The minimum Gasteiger partial charge on any atom is -0.290 e. The van der Waals surface area contributed by atoms with Crippen molar-refractivity contribution in [3.63, 3.8) is 0 Å². The van der Waals surface area contributed by atoms with Crippen molar-refractivity contribution in [1.29, 1.82) is 0 Å². The van der Waals surface area contributed by atoms with Crippen molar-refractivity contribution in [3.8, 4) is 0 Å². The first-order valence-corrected chi connectivity index (χ1v) is 18.8. The highest BCUT2D eigenvalue weighted by atomic mass is 33.1. The molecule has 0 fully saturated rings. The molecule has 1 unspecified atom stereocenters. The van der Waals surface area contributed by atoms with Gasteiger partial charge in [0.05, 0.1) is 11.5 Å². The monoisotopic (exact) mass is 554 g/mol. The van der Waals surface area contributed by atoms with E-state index < -0.39 is 36.0 Å². The van der Waals surface area contributed by atoms with Crippen LogP contribution >= 0.6 is 5.55 Å². The van der Waals surface area contributed by atoms with E-state index in [9.17, 15) is 21.4 Å². The van der Waals surface area contributed by atoms with Crippen LogP contribution in [-0.4, -0.2) is 23.0 Å². The van der Waals surface area contributed by atoms with E-state index in [4.69, 9.17) is 0 Å². The molecule has 0 spiro atoms. The third-order valence-electron chi connectivity index (χ3n) is 6.68. The van der Waals surface area contributed by atoms with Crippen LogP contribution in [0.3, 0.4) is 0 Å². The SMILES string of the molecule is Cc1cc(C)c(CS(=O)(=O)P(=O)(CC(C)CC(C)(C)C)S(=O)(=O)Cc2c(C)cc(C)cc2C)c(C)c1. The number of benzene rings is 2. The first-order valence-electron chi connectivity index (χ1n) is 12.4. The van der Waals surface area contributed by atoms with Crippen molar-refractivity contribution >= 4 is 24.5 Å². The summed E-state index contributed by atoms with van der Waals surface area (Å²) in [7, 11) is -9.06. The minimum atomic E-state index is -4.76. The lowest BCUT2D eigenvalue weighted by molar-refractivity contribution is 0.321. The predicted octanol–water partition coefficient (Wildman–Crippen LogP) is 7.33. The van der Waals surface area contributed by atoms with Gasteiger partial charge in [-0.25, -0.2) is 16.8 Å². The molecule has 36 heavy (non-hydrogen) atoms. The molecule has 0 aliphatic carbocycles. The highest BCUT2D eigenvalue weighted by Crippen LogP contribution is 2.62. The van der Waals surface area contributed by atoms with E-state index in [0.29, 0.717) is 17.5 Å². The van der Waals surface area contributed by atoms with E-state index in [2.05, 4.69) is 0 Å². The van der Waals surface area contributed by atoms with Crippen molar-refractivity contribution in [3.05, 3.63) is 68.8 Å². The van der Waals surface area contributed by atoms with E-state index in [0.717, 1.165) is 33.4 Å². The molecule has 202 valence electrons. The van der Waals surface area contributed by atoms with Crippen LogP contribution in [0.25, 0.3) is 0 Å². The summed E-state index contributed by atoms with van der Waals surface area (Å²) in [4.78, 5) is 0. The third-order valence-corrected chi connectivity index (χ3v) is 21.6. The third kappa shape index (κ3) is 6.90. The maximum atomic E-state index is 14.6. The normalized spacial score (nSPS) is 14.2. The topological polar surface area (TPSA) is 85.3 Å². The molecule has 1 atom stereocenters. The Balaban J connectivity index is 2.68. The molecule has 0 saturated heterocycles. The van der Waals surface area contributed by atoms with Gasteiger partial charge in [0.1, 0.15) is 0 Å². The standard InChI is InChI=1S/C28H43O5PS2/c1-19-11-22(4)26(23(5)12-19)17-35(30,31)34(29,16-21(3)15-28(8,9)10)36(32,33)18-27-24(6)13-20(2)14-25(27)7/h11-14,21H,15-18H2,1-10H3. The fourth-order valence-electron chi connectivity index (χ4n) is 5.33. The van der Waals surface area contributed by atoms with Gasteiger partial charge in [0.15, 0.2) is 0 Å². The lowest BCUT2D eigenvalue weighted by Gasteiger charge is -2.27. The van der Waals surface area contributed by atoms with Crippen molar-refractivity contribution in [1.82, 2.24) is 0 Å². The minimum absolute atomic E-state index is 0.161. The average Bonchev–Trinajstić information content (AvgIpc) is 2.65. The van der Waals surface area contributed by atoms with Gasteiger partial charge < -0.3 is 0 Å². The molecule has 0 bridgehead atoms. The van der Waals surface area contributed by atoms with Gasteiger partial charge in [-0.3, -0.25) is 4.57 Å². The molecular formula is C28H43O5PS2. The summed E-state index contributed by atoms with van der Waals surface area (Å²) in [6.45, 7) is 18.9. The highest BCUT2D eigenvalue weighted by Gasteiger charge is 2.51. The van der Waals surface area contributed by atoms with Gasteiger partial charge in [-0.15, -0.1) is 0 Å². The fourth-order valence-corrected chi connectivity index (χ4v) is 19.0. The van der Waals surface area contributed by atoms with Gasteiger partial charge in [0.2, 0.25) is 18.9 Å². The summed E-state index contributed by atoms with van der Waals surface area (Å²) < 4.78 is 70.3. The van der Waals surface area contributed by atoms with Gasteiger partial charge in [-0.2, -0.15) is 0 Å². The Hall–Kier alpha value is -1.43. The second kappa shape index (κ2) is 10.7. The van der Waals surface area contributed by atoms with Crippen LogP contribution in [0.4, 0.5) is 0 Å². The number of hydrogen-bond donors (Lipinski definition) is 0. The predicted molar refractivity (Wildman–Crippen MR) is 152 cm³/mol. The highest BCUT2D eigenvalue weighted by molar-refractivity contribution is 8.84. The average molecular weight is 555 g/mol. The largest absolute Gasteiger partial charge is 0.304 e. The van der Waals surface area contributed by atoms with Crippen molar-refractivity contribution < 1.29 is 21.4 Å². The lowest BCUT2D eigenvalue weighted by atomic mass is 9.86. The number of rotatable bonds is 9.